The van der Waals surface area contributed by atoms with Gasteiger partial charge in [0.05, 0.1) is 23.9 Å². The minimum atomic E-state index is -0.789. The molecule has 0 bridgehead atoms. The van der Waals surface area contributed by atoms with Crippen LogP contribution in [0.4, 0.5) is 20.2 Å². The topological polar surface area (TPSA) is 55.5 Å². The molecule has 1 aromatic heterocycles. The Balaban J connectivity index is 1.99. The van der Waals surface area contributed by atoms with E-state index in [1.807, 2.05) is 17.6 Å². The molecule has 0 unspecified atom stereocenters. The Labute approximate surface area is 162 Å². The largest absolute Gasteiger partial charge is 0.396 e. The lowest BCUT2D eigenvalue weighted by molar-refractivity contribution is 0.111. The highest BCUT2D eigenvalue weighted by Gasteiger charge is 2.25. The van der Waals surface area contributed by atoms with Gasteiger partial charge in [-0.25, -0.2) is 13.6 Å². The molecule has 1 heterocycles. The smallest absolute Gasteiger partial charge is 0.190 e. The first kappa shape index (κ1) is 18.5. The second-order valence-corrected chi connectivity index (χ2v) is 7.51. The molecule has 144 valence electrons. The van der Waals surface area contributed by atoms with Crippen molar-refractivity contribution in [3.8, 4) is 11.1 Å². The van der Waals surface area contributed by atoms with Crippen molar-refractivity contribution in [2.24, 2.45) is 0 Å². The standard InChI is InChI=1S/C22H21F2N3O/c1-12-9-20-15(10-19(12)26-2)16(21-17(23)7-8-18(25)22(21)24)11-27(20)13-3-5-14(28)6-4-13/h7-11,13-14,28H,3-6,25H2,1H3. The van der Waals surface area contributed by atoms with Gasteiger partial charge in [0, 0.05) is 23.3 Å². The van der Waals surface area contributed by atoms with Crippen LogP contribution in [-0.2, 0) is 0 Å². The molecule has 1 fully saturated rings. The number of hydrogen-bond acceptors (Lipinski definition) is 2. The average molecular weight is 381 g/mol. The molecule has 6 heteroatoms. The number of benzene rings is 2. The molecule has 4 rings (SSSR count). The lowest BCUT2D eigenvalue weighted by Crippen LogP contribution is -2.20. The molecule has 0 spiro atoms. The SMILES string of the molecule is [C-]#[N+]c1cc2c(-c3c(F)ccc(N)c3F)cn(C3CCC(O)CC3)c2cc1C. The first-order chi connectivity index (χ1) is 13.4. The third-order valence-electron chi connectivity index (χ3n) is 5.72. The summed E-state index contributed by atoms with van der Waals surface area (Å²) in [5.41, 5.74) is 7.91. The maximum absolute atomic E-state index is 14.8. The summed E-state index contributed by atoms with van der Waals surface area (Å²) in [6, 6.07) is 6.11. The summed E-state index contributed by atoms with van der Waals surface area (Å²) in [4.78, 5) is 3.54. The number of aromatic nitrogens is 1. The van der Waals surface area contributed by atoms with Gasteiger partial charge in [0.15, 0.2) is 11.5 Å². The van der Waals surface area contributed by atoms with Crippen molar-refractivity contribution in [3.63, 3.8) is 0 Å². The van der Waals surface area contributed by atoms with Crippen LogP contribution >= 0.6 is 0 Å². The highest BCUT2D eigenvalue weighted by Crippen LogP contribution is 2.41. The van der Waals surface area contributed by atoms with Gasteiger partial charge in [-0.1, -0.05) is 0 Å². The quantitative estimate of drug-likeness (QED) is 0.455. The number of halogens is 2. The number of fused-ring (bicyclic) bond motifs is 1. The fraction of sp³-hybridized carbons (Fsp3) is 0.318. The number of hydrogen-bond donors (Lipinski definition) is 2. The number of nitrogens with zero attached hydrogens (tertiary/aromatic N) is 2. The highest BCUT2D eigenvalue weighted by atomic mass is 19.1. The summed E-state index contributed by atoms with van der Waals surface area (Å²) in [7, 11) is 0. The van der Waals surface area contributed by atoms with Crippen LogP contribution in [0.5, 0.6) is 0 Å². The van der Waals surface area contributed by atoms with Crippen LogP contribution in [-0.4, -0.2) is 15.8 Å². The molecular weight excluding hydrogens is 360 g/mol. The highest BCUT2D eigenvalue weighted by molar-refractivity contribution is 5.99. The first-order valence-electron chi connectivity index (χ1n) is 9.35. The molecule has 0 atom stereocenters. The van der Waals surface area contributed by atoms with Gasteiger partial charge in [-0.3, -0.25) is 0 Å². The zero-order chi connectivity index (χ0) is 20.0. The second-order valence-electron chi connectivity index (χ2n) is 7.51. The summed E-state index contributed by atoms with van der Waals surface area (Å²) in [6.07, 6.45) is 4.43. The normalized spacial score (nSPS) is 19.7. The Morgan fingerprint density at radius 3 is 2.57 bits per heavy atom. The van der Waals surface area contributed by atoms with Crippen molar-refractivity contribution in [1.82, 2.24) is 4.57 Å². The first-order valence-corrected chi connectivity index (χ1v) is 9.35. The fourth-order valence-corrected chi connectivity index (χ4v) is 4.16. The van der Waals surface area contributed by atoms with E-state index in [-0.39, 0.29) is 23.4 Å². The van der Waals surface area contributed by atoms with E-state index in [0.717, 1.165) is 30.0 Å². The van der Waals surface area contributed by atoms with E-state index in [1.165, 1.54) is 6.07 Å². The van der Waals surface area contributed by atoms with Gasteiger partial charge in [0.25, 0.3) is 0 Å². The van der Waals surface area contributed by atoms with E-state index in [2.05, 4.69) is 4.85 Å². The predicted octanol–water partition coefficient (Wildman–Crippen LogP) is 5.50. The Morgan fingerprint density at radius 1 is 1.18 bits per heavy atom. The van der Waals surface area contributed by atoms with Crippen molar-refractivity contribution >= 4 is 22.3 Å². The van der Waals surface area contributed by atoms with Crippen LogP contribution < -0.4 is 5.73 Å². The molecular formula is C22H21F2N3O. The van der Waals surface area contributed by atoms with Crippen molar-refractivity contribution in [2.45, 2.75) is 44.8 Å². The molecule has 2 aromatic carbocycles. The number of rotatable bonds is 2. The van der Waals surface area contributed by atoms with Crippen molar-refractivity contribution in [1.29, 1.82) is 0 Å². The molecule has 1 aliphatic rings. The molecule has 28 heavy (non-hydrogen) atoms. The number of nitrogens with two attached hydrogens (primary N) is 1. The number of aryl methyl sites for hydroxylation is 1. The molecule has 0 saturated heterocycles. The van der Waals surface area contributed by atoms with Crippen molar-refractivity contribution in [2.75, 3.05) is 5.73 Å². The van der Waals surface area contributed by atoms with Crippen LogP contribution in [0.25, 0.3) is 26.9 Å². The number of anilines is 1. The summed E-state index contributed by atoms with van der Waals surface area (Å²) in [5, 5.41) is 10.5. The second kappa shape index (κ2) is 6.92. The van der Waals surface area contributed by atoms with Crippen molar-refractivity contribution in [3.05, 3.63) is 59.1 Å². The van der Waals surface area contributed by atoms with Crippen molar-refractivity contribution < 1.29 is 13.9 Å². The van der Waals surface area contributed by atoms with Gasteiger partial charge >= 0.3 is 0 Å². The molecule has 1 saturated carbocycles. The monoisotopic (exact) mass is 381 g/mol. The van der Waals surface area contributed by atoms with Crippen LogP contribution in [0.1, 0.15) is 37.3 Å². The van der Waals surface area contributed by atoms with Crippen LogP contribution in [0.3, 0.4) is 0 Å². The van der Waals surface area contributed by atoms with E-state index in [4.69, 9.17) is 12.3 Å². The van der Waals surface area contributed by atoms with Gasteiger partial charge in [0.2, 0.25) is 0 Å². The minimum Gasteiger partial charge on any atom is -0.396 e. The Morgan fingerprint density at radius 2 is 1.89 bits per heavy atom. The summed E-state index contributed by atoms with van der Waals surface area (Å²) < 4.78 is 31.4. The van der Waals surface area contributed by atoms with Gasteiger partial charge in [-0.2, -0.15) is 0 Å². The van der Waals surface area contributed by atoms with E-state index in [0.29, 0.717) is 29.5 Å². The zero-order valence-corrected chi connectivity index (χ0v) is 15.5. The van der Waals surface area contributed by atoms with Crippen LogP contribution in [0, 0.1) is 25.1 Å². The minimum absolute atomic E-state index is 0.115. The summed E-state index contributed by atoms with van der Waals surface area (Å²) in [6.45, 7) is 9.26. The molecule has 4 nitrogen and oxygen atoms in total. The number of aliphatic hydroxyl groups is 1. The maximum Gasteiger partial charge on any atom is 0.190 e. The van der Waals surface area contributed by atoms with E-state index in [1.54, 1.807) is 12.3 Å². The Kier molecular flexibility index (Phi) is 4.56. The number of aliphatic hydroxyl groups excluding tert-OH is 1. The van der Waals surface area contributed by atoms with E-state index < -0.39 is 11.6 Å². The Hall–Kier alpha value is -2.91. The lowest BCUT2D eigenvalue weighted by Gasteiger charge is -2.27. The third-order valence-corrected chi connectivity index (χ3v) is 5.72. The third kappa shape index (κ3) is 2.92. The number of nitrogen functional groups attached to an aromatic ring is 1. The van der Waals surface area contributed by atoms with Gasteiger partial charge < -0.3 is 15.4 Å². The molecule has 0 radical (unpaired) electrons. The molecule has 0 aliphatic heterocycles. The lowest BCUT2D eigenvalue weighted by atomic mass is 9.93. The average Bonchev–Trinajstić information content (AvgIpc) is 3.03. The molecule has 3 aromatic rings. The van der Waals surface area contributed by atoms with Crippen LogP contribution in [0.2, 0.25) is 0 Å². The van der Waals surface area contributed by atoms with Gasteiger partial charge in [-0.05, 0) is 67.8 Å². The summed E-state index contributed by atoms with van der Waals surface area (Å²) >= 11 is 0. The molecule has 3 N–H and O–H groups in total. The van der Waals surface area contributed by atoms with Gasteiger partial charge in [0.1, 0.15) is 5.82 Å². The van der Waals surface area contributed by atoms with Gasteiger partial charge in [-0.15, -0.1) is 0 Å². The van der Waals surface area contributed by atoms with Crippen LogP contribution in [0.15, 0.2) is 30.5 Å². The molecule has 0 amide bonds. The predicted molar refractivity (Wildman–Crippen MR) is 106 cm³/mol. The maximum atomic E-state index is 14.8. The van der Waals surface area contributed by atoms with E-state index in [9.17, 15) is 13.9 Å². The summed E-state index contributed by atoms with van der Waals surface area (Å²) in [5.74, 6) is -1.47. The van der Waals surface area contributed by atoms with E-state index >= 15 is 0 Å². The zero-order valence-electron chi connectivity index (χ0n) is 15.5. The molecule has 1 aliphatic carbocycles. The fourth-order valence-electron chi connectivity index (χ4n) is 4.16. The Bertz CT molecular complexity index is 1110.